The second kappa shape index (κ2) is 8.38. The summed E-state index contributed by atoms with van der Waals surface area (Å²) in [6.07, 6.45) is 0. The fraction of sp³-hybridized carbons (Fsp3) is 0.278. The number of nitrogen functional groups attached to an aromatic ring is 1. The number of halogens is 2. The smallest absolute Gasteiger partial charge is 0.253 e. The number of piperazine rings is 1. The highest BCUT2D eigenvalue weighted by Crippen LogP contribution is 2.14. The fourth-order valence-electron chi connectivity index (χ4n) is 2.77. The number of nitrogens with two attached hydrogens (primary N) is 1. The molecule has 128 valence electrons. The topological polar surface area (TPSA) is 49.6 Å². The van der Waals surface area contributed by atoms with Gasteiger partial charge < -0.3 is 10.6 Å². The molecule has 0 bridgehead atoms. The van der Waals surface area contributed by atoms with Crippen LogP contribution < -0.4 is 5.73 Å². The zero-order chi connectivity index (χ0) is 16.2. The Morgan fingerprint density at radius 3 is 2.12 bits per heavy atom. The average Bonchev–Trinajstić information content (AvgIpc) is 2.58. The summed E-state index contributed by atoms with van der Waals surface area (Å²) in [6.45, 7) is 4.14. The van der Waals surface area contributed by atoms with Crippen molar-refractivity contribution >= 4 is 35.6 Å². The standard InChI is InChI=1S/C18H20ClN3O.ClH/c19-16-5-1-14(2-6-16)13-21-9-11-22(12-10-21)18(23)15-3-7-17(20)8-4-15;/h1-8H,9-13,20H2;1H. The van der Waals surface area contributed by atoms with E-state index in [-0.39, 0.29) is 18.3 Å². The Kier molecular flexibility index (Phi) is 6.49. The van der Waals surface area contributed by atoms with E-state index in [1.807, 2.05) is 29.2 Å². The molecule has 1 heterocycles. The van der Waals surface area contributed by atoms with Gasteiger partial charge in [0.1, 0.15) is 0 Å². The van der Waals surface area contributed by atoms with Crippen LogP contribution in [0.3, 0.4) is 0 Å². The maximum Gasteiger partial charge on any atom is 0.253 e. The summed E-state index contributed by atoms with van der Waals surface area (Å²) >= 11 is 5.91. The summed E-state index contributed by atoms with van der Waals surface area (Å²) in [5.41, 5.74) is 8.28. The minimum absolute atomic E-state index is 0. The third-order valence-electron chi connectivity index (χ3n) is 4.14. The van der Waals surface area contributed by atoms with E-state index in [9.17, 15) is 4.79 Å². The summed E-state index contributed by atoms with van der Waals surface area (Å²) in [4.78, 5) is 16.7. The van der Waals surface area contributed by atoms with Gasteiger partial charge in [-0.05, 0) is 42.0 Å². The number of hydrogen-bond acceptors (Lipinski definition) is 3. The first kappa shape index (κ1) is 18.6. The normalized spacial score (nSPS) is 15.0. The molecule has 4 nitrogen and oxygen atoms in total. The molecular formula is C18H21Cl2N3O. The molecule has 0 saturated carbocycles. The predicted octanol–water partition coefficient (Wildman–Crippen LogP) is 3.30. The van der Waals surface area contributed by atoms with Gasteiger partial charge in [0.15, 0.2) is 0 Å². The highest BCUT2D eigenvalue weighted by atomic mass is 35.5. The van der Waals surface area contributed by atoms with Gasteiger partial charge in [-0.3, -0.25) is 9.69 Å². The van der Waals surface area contributed by atoms with Crippen LogP contribution in [-0.4, -0.2) is 41.9 Å². The van der Waals surface area contributed by atoms with Gasteiger partial charge in [0.2, 0.25) is 0 Å². The van der Waals surface area contributed by atoms with Crippen molar-refractivity contribution in [2.24, 2.45) is 0 Å². The second-order valence-corrected chi connectivity index (χ2v) is 6.25. The molecule has 24 heavy (non-hydrogen) atoms. The summed E-state index contributed by atoms with van der Waals surface area (Å²) in [6, 6.07) is 15.0. The Morgan fingerprint density at radius 2 is 1.54 bits per heavy atom. The zero-order valence-electron chi connectivity index (χ0n) is 13.3. The molecule has 2 aromatic rings. The molecule has 1 amide bonds. The van der Waals surface area contributed by atoms with E-state index < -0.39 is 0 Å². The van der Waals surface area contributed by atoms with Crippen LogP contribution >= 0.6 is 24.0 Å². The van der Waals surface area contributed by atoms with Gasteiger partial charge >= 0.3 is 0 Å². The van der Waals surface area contributed by atoms with Crippen molar-refractivity contribution in [1.29, 1.82) is 0 Å². The minimum Gasteiger partial charge on any atom is -0.399 e. The van der Waals surface area contributed by atoms with E-state index in [4.69, 9.17) is 17.3 Å². The molecule has 0 radical (unpaired) electrons. The van der Waals surface area contributed by atoms with Crippen molar-refractivity contribution < 1.29 is 4.79 Å². The van der Waals surface area contributed by atoms with E-state index >= 15 is 0 Å². The molecular weight excluding hydrogens is 345 g/mol. The quantitative estimate of drug-likeness (QED) is 0.848. The van der Waals surface area contributed by atoms with Gasteiger partial charge in [-0.15, -0.1) is 12.4 Å². The van der Waals surface area contributed by atoms with Crippen LogP contribution in [0.25, 0.3) is 0 Å². The SMILES string of the molecule is Cl.Nc1ccc(C(=O)N2CCN(Cc3ccc(Cl)cc3)CC2)cc1. The number of carbonyl (C=O) groups is 1. The number of benzene rings is 2. The van der Waals surface area contributed by atoms with Crippen molar-refractivity contribution in [3.63, 3.8) is 0 Å². The molecule has 6 heteroatoms. The Labute approximate surface area is 153 Å². The summed E-state index contributed by atoms with van der Waals surface area (Å²) in [5.74, 6) is 0.0798. The monoisotopic (exact) mass is 365 g/mol. The number of nitrogens with zero attached hydrogens (tertiary/aromatic N) is 2. The van der Waals surface area contributed by atoms with E-state index in [1.54, 1.807) is 24.3 Å². The largest absolute Gasteiger partial charge is 0.399 e. The highest BCUT2D eigenvalue weighted by molar-refractivity contribution is 6.30. The van der Waals surface area contributed by atoms with Crippen LogP contribution in [0.5, 0.6) is 0 Å². The number of anilines is 1. The lowest BCUT2D eigenvalue weighted by atomic mass is 10.1. The average molecular weight is 366 g/mol. The van der Waals surface area contributed by atoms with Gasteiger partial charge in [-0.2, -0.15) is 0 Å². The number of rotatable bonds is 3. The number of carbonyl (C=O) groups excluding carboxylic acids is 1. The summed E-state index contributed by atoms with van der Waals surface area (Å²) < 4.78 is 0. The lowest BCUT2D eigenvalue weighted by molar-refractivity contribution is 0.0628. The van der Waals surface area contributed by atoms with E-state index in [0.29, 0.717) is 11.3 Å². The Hall–Kier alpha value is -1.75. The summed E-state index contributed by atoms with van der Waals surface area (Å²) in [5, 5.41) is 0.757. The van der Waals surface area contributed by atoms with E-state index in [2.05, 4.69) is 4.90 Å². The highest BCUT2D eigenvalue weighted by Gasteiger charge is 2.22. The van der Waals surface area contributed by atoms with Gasteiger partial charge in [0.05, 0.1) is 0 Å². The van der Waals surface area contributed by atoms with Crippen molar-refractivity contribution in [3.8, 4) is 0 Å². The first-order valence-corrected chi connectivity index (χ1v) is 8.11. The van der Waals surface area contributed by atoms with Crippen LogP contribution in [0.1, 0.15) is 15.9 Å². The third-order valence-corrected chi connectivity index (χ3v) is 4.39. The van der Waals surface area contributed by atoms with E-state index in [0.717, 1.165) is 37.7 Å². The second-order valence-electron chi connectivity index (χ2n) is 5.82. The number of hydrogen-bond donors (Lipinski definition) is 1. The van der Waals surface area contributed by atoms with Crippen molar-refractivity contribution in [2.75, 3.05) is 31.9 Å². The van der Waals surface area contributed by atoms with Crippen LogP contribution in [0, 0.1) is 0 Å². The van der Waals surface area contributed by atoms with Crippen LogP contribution in [0.4, 0.5) is 5.69 Å². The maximum atomic E-state index is 12.5. The molecule has 0 spiro atoms. The maximum absolute atomic E-state index is 12.5. The first-order chi connectivity index (χ1) is 11.1. The fourth-order valence-corrected chi connectivity index (χ4v) is 2.89. The van der Waals surface area contributed by atoms with Crippen molar-refractivity contribution in [2.45, 2.75) is 6.54 Å². The Balaban J connectivity index is 0.00000208. The zero-order valence-corrected chi connectivity index (χ0v) is 14.9. The third kappa shape index (κ3) is 4.63. The molecule has 0 aliphatic carbocycles. The van der Waals surface area contributed by atoms with Crippen LogP contribution in [-0.2, 0) is 6.54 Å². The van der Waals surface area contributed by atoms with Crippen molar-refractivity contribution in [1.82, 2.24) is 9.80 Å². The Morgan fingerprint density at radius 1 is 0.958 bits per heavy atom. The van der Waals surface area contributed by atoms with Gasteiger partial charge in [-0.25, -0.2) is 0 Å². The predicted molar refractivity (Wildman–Crippen MR) is 101 cm³/mol. The lowest BCUT2D eigenvalue weighted by Crippen LogP contribution is -2.48. The molecule has 0 unspecified atom stereocenters. The molecule has 0 aromatic heterocycles. The molecule has 3 rings (SSSR count). The molecule has 1 fully saturated rings. The molecule has 1 saturated heterocycles. The first-order valence-electron chi connectivity index (χ1n) is 7.73. The van der Waals surface area contributed by atoms with Crippen LogP contribution in [0.2, 0.25) is 5.02 Å². The Bertz CT molecular complexity index is 666. The molecule has 1 aliphatic rings. The number of amides is 1. The molecule has 2 aromatic carbocycles. The minimum atomic E-state index is 0. The summed E-state index contributed by atoms with van der Waals surface area (Å²) in [7, 11) is 0. The molecule has 1 aliphatic heterocycles. The van der Waals surface area contributed by atoms with Crippen molar-refractivity contribution in [3.05, 3.63) is 64.7 Å². The van der Waals surface area contributed by atoms with E-state index in [1.165, 1.54) is 5.56 Å². The van der Waals surface area contributed by atoms with Gasteiger partial charge in [0.25, 0.3) is 5.91 Å². The molecule has 2 N–H and O–H groups in total. The van der Waals surface area contributed by atoms with Gasteiger partial charge in [-0.1, -0.05) is 23.7 Å². The molecule has 0 atom stereocenters. The lowest BCUT2D eigenvalue weighted by Gasteiger charge is -2.34. The van der Waals surface area contributed by atoms with Crippen LogP contribution in [0.15, 0.2) is 48.5 Å². The van der Waals surface area contributed by atoms with Gasteiger partial charge in [0, 0.05) is 49.0 Å².